The Bertz CT molecular complexity index is 1280. The Balaban J connectivity index is 2.55. The first kappa shape index (κ1) is 20.0. The van der Waals surface area contributed by atoms with Crippen LogP contribution in [0.2, 0.25) is 0 Å². The number of rotatable bonds is 6. The number of carbonyl (C=O) groups is 1. The summed E-state index contributed by atoms with van der Waals surface area (Å²) in [6.45, 7) is 2.80. The zero-order chi connectivity index (χ0) is 20.7. The third-order valence-electron chi connectivity index (χ3n) is 4.48. The van der Waals surface area contributed by atoms with E-state index in [1.54, 1.807) is 36.7 Å². The van der Waals surface area contributed by atoms with Gasteiger partial charge in [-0.15, -0.1) is 0 Å². The Morgan fingerprint density at radius 1 is 0.964 bits per heavy atom. The molecule has 28 heavy (non-hydrogen) atoms. The molecule has 0 aromatic carbocycles. The van der Waals surface area contributed by atoms with Crippen LogP contribution in [0.15, 0.2) is 52.6 Å². The van der Waals surface area contributed by atoms with E-state index >= 15 is 0 Å². The number of pyridine rings is 2. The second-order valence-corrected chi connectivity index (χ2v) is 10.5. The van der Waals surface area contributed by atoms with E-state index < -0.39 is 30.5 Å². The van der Waals surface area contributed by atoms with Gasteiger partial charge in [-0.25, -0.2) is 16.8 Å². The second kappa shape index (κ2) is 7.02. The van der Waals surface area contributed by atoms with Crippen molar-refractivity contribution in [2.45, 2.75) is 23.6 Å². The SMILES string of the molecule is CCS(=O)(=O)c1c(S(=O)(=O)CC)c2cc(-c3ccncc3)ccn2c1C(N)=O. The van der Waals surface area contributed by atoms with E-state index in [1.807, 2.05) is 0 Å². The molecule has 0 aliphatic carbocycles. The lowest BCUT2D eigenvalue weighted by Gasteiger charge is -2.06. The molecule has 3 rings (SSSR count). The van der Waals surface area contributed by atoms with Gasteiger partial charge in [-0.1, -0.05) is 13.8 Å². The topological polar surface area (TPSA) is 129 Å². The maximum Gasteiger partial charge on any atom is 0.267 e. The van der Waals surface area contributed by atoms with Crippen LogP contribution in [-0.4, -0.2) is 43.6 Å². The highest BCUT2D eigenvalue weighted by Gasteiger charge is 2.35. The number of carbonyl (C=O) groups excluding carboxylic acids is 1. The molecule has 2 N–H and O–H groups in total. The van der Waals surface area contributed by atoms with E-state index in [9.17, 15) is 21.6 Å². The number of nitrogens with two attached hydrogens (primary N) is 1. The third-order valence-corrected chi connectivity index (χ3v) is 8.18. The lowest BCUT2D eigenvalue weighted by molar-refractivity contribution is 0.0991. The number of primary amides is 1. The average molecular weight is 422 g/mol. The summed E-state index contributed by atoms with van der Waals surface area (Å²) in [7, 11) is -8.03. The highest BCUT2D eigenvalue weighted by Crippen LogP contribution is 2.35. The van der Waals surface area contributed by atoms with E-state index in [-0.39, 0.29) is 27.6 Å². The zero-order valence-corrected chi connectivity index (χ0v) is 16.9. The summed E-state index contributed by atoms with van der Waals surface area (Å²) in [5, 5.41) is 0. The largest absolute Gasteiger partial charge is 0.364 e. The van der Waals surface area contributed by atoms with Crippen LogP contribution >= 0.6 is 0 Å². The Hall–Kier alpha value is -2.72. The van der Waals surface area contributed by atoms with E-state index in [0.717, 1.165) is 5.56 Å². The molecule has 0 aliphatic heterocycles. The minimum atomic E-state index is -4.05. The van der Waals surface area contributed by atoms with E-state index in [4.69, 9.17) is 5.73 Å². The van der Waals surface area contributed by atoms with E-state index in [2.05, 4.69) is 4.98 Å². The number of aromatic nitrogens is 2. The van der Waals surface area contributed by atoms with Crippen LogP contribution in [0.25, 0.3) is 16.6 Å². The molecule has 0 radical (unpaired) electrons. The first-order chi connectivity index (χ1) is 13.1. The van der Waals surface area contributed by atoms with Crippen molar-refractivity contribution in [3.05, 3.63) is 48.5 Å². The van der Waals surface area contributed by atoms with Gasteiger partial charge >= 0.3 is 0 Å². The van der Waals surface area contributed by atoms with Gasteiger partial charge in [0, 0.05) is 18.6 Å². The number of hydrogen-bond acceptors (Lipinski definition) is 6. The Labute approximate surface area is 162 Å². The summed E-state index contributed by atoms with van der Waals surface area (Å²) in [5.41, 5.74) is 6.60. The van der Waals surface area contributed by atoms with Crippen molar-refractivity contribution in [1.82, 2.24) is 9.38 Å². The van der Waals surface area contributed by atoms with Crippen molar-refractivity contribution >= 4 is 31.1 Å². The van der Waals surface area contributed by atoms with Gasteiger partial charge < -0.3 is 10.1 Å². The standard InChI is InChI=1S/C18H19N3O5S2/c1-3-27(23,24)16-14-11-13(12-5-8-20-9-6-12)7-10-21(14)15(18(19)22)17(16)28(25,26)4-2/h5-11H,3-4H2,1-2H3,(H2,19,22). The summed E-state index contributed by atoms with van der Waals surface area (Å²) in [6, 6.07) is 6.67. The fraction of sp³-hybridized carbons (Fsp3) is 0.222. The molecular formula is C18H19N3O5S2. The number of nitrogens with zero attached hydrogens (tertiary/aromatic N) is 2. The number of amides is 1. The third kappa shape index (κ3) is 3.18. The van der Waals surface area contributed by atoms with Crippen LogP contribution in [0.1, 0.15) is 24.3 Å². The summed E-state index contributed by atoms with van der Waals surface area (Å²) >= 11 is 0. The summed E-state index contributed by atoms with van der Waals surface area (Å²) in [4.78, 5) is 15.1. The van der Waals surface area contributed by atoms with Gasteiger partial charge in [-0.2, -0.15) is 0 Å². The quantitative estimate of drug-likeness (QED) is 0.645. The molecule has 8 nitrogen and oxygen atoms in total. The molecule has 10 heteroatoms. The van der Waals surface area contributed by atoms with Crippen LogP contribution < -0.4 is 5.73 Å². The fourth-order valence-corrected chi connectivity index (χ4v) is 6.11. The summed E-state index contributed by atoms with van der Waals surface area (Å²) < 4.78 is 52.4. The molecule has 0 aliphatic rings. The molecule has 0 spiro atoms. The second-order valence-electron chi connectivity index (χ2n) is 6.08. The molecule has 0 atom stereocenters. The predicted molar refractivity (Wildman–Crippen MR) is 105 cm³/mol. The van der Waals surface area contributed by atoms with Gasteiger partial charge in [-0.05, 0) is 35.4 Å². The van der Waals surface area contributed by atoms with Gasteiger partial charge in [0.1, 0.15) is 15.5 Å². The molecule has 1 amide bonds. The van der Waals surface area contributed by atoms with Crippen LogP contribution in [0.3, 0.4) is 0 Å². The summed E-state index contributed by atoms with van der Waals surface area (Å²) in [5.74, 6) is -1.71. The molecule has 0 fully saturated rings. The minimum absolute atomic E-state index is 0.0944. The maximum atomic E-state index is 12.8. The van der Waals surface area contributed by atoms with Gasteiger partial charge in [-0.3, -0.25) is 9.78 Å². The smallest absolute Gasteiger partial charge is 0.267 e. The lowest BCUT2D eigenvalue weighted by Crippen LogP contribution is -2.19. The molecule has 0 unspecified atom stereocenters. The van der Waals surface area contributed by atoms with Crippen molar-refractivity contribution in [2.24, 2.45) is 5.73 Å². The van der Waals surface area contributed by atoms with Crippen molar-refractivity contribution in [2.75, 3.05) is 11.5 Å². The monoisotopic (exact) mass is 421 g/mol. The van der Waals surface area contributed by atoms with E-state index in [1.165, 1.54) is 24.4 Å². The molecule has 3 aromatic rings. The van der Waals surface area contributed by atoms with Crippen molar-refractivity contribution in [1.29, 1.82) is 0 Å². The van der Waals surface area contributed by atoms with Crippen molar-refractivity contribution in [3.63, 3.8) is 0 Å². The van der Waals surface area contributed by atoms with Crippen LogP contribution in [0.4, 0.5) is 0 Å². The Morgan fingerprint density at radius 3 is 2.07 bits per heavy atom. The first-order valence-electron chi connectivity index (χ1n) is 8.47. The van der Waals surface area contributed by atoms with Gasteiger partial charge in [0.2, 0.25) is 0 Å². The maximum absolute atomic E-state index is 12.8. The summed E-state index contributed by atoms with van der Waals surface area (Å²) in [6.07, 6.45) is 4.63. The van der Waals surface area contributed by atoms with Gasteiger partial charge in [0.25, 0.3) is 5.91 Å². The first-order valence-corrected chi connectivity index (χ1v) is 11.8. The molecule has 0 saturated carbocycles. The Morgan fingerprint density at radius 2 is 1.54 bits per heavy atom. The normalized spacial score (nSPS) is 12.4. The lowest BCUT2D eigenvalue weighted by atomic mass is 10.1. The number of hydrogen-bond donors (Lipinski definition) is 1. The minimum Gasteiger partial charge on any atom is -0.364 e. The molecule has 0 bridgehead atoms. The fourth-order valence-electron chi connectivity index (χ4n) is 3.04. The predicted octanol–water partition coefficient (Wildman–Crippen LogP) is 1.69. The van der Waals surface area contributed by atoms with Gasteiger partial charge in [0.05, 0.1) is 17.0 Å². The highest BCUT2D eigenvalue weighted by molar-refractivity contribution is 7.94. The zero-order valence-electron chi connectivity index (χ0n) is 15.3. The van der Waals surface area contributed by atoms with Crippen molar-refractivity contribution in [3.8, 4) is 11.1 Å². The molecule has 0 saturated heterocycles. The van der Waals surface area contributed by atoms with Gasteiger partial charge in [0.15, 0.2) is 19.7 Å². The Kier molecular flexibility index (Phi) is 5.02. The molecule has 148 valence electrons. The number of fused-ring (bicyclic) bond motifs is 1. The number of sulfone groups is 2. The van der Waals surface area contributed by atoms with Crippen LogP contribution in [0, 0.1) is 0 Å². The molecule has 3 heterocycles. The molecular weight excluding hydrogens is 402 g/mol. The van der Waals surface area contributed by atoms with Crippen LogP contribution in [-0.2, 0) is 19.7 Å². The van der Waals surface area contributed by atoms with Crippen LogP contribution in [0.5, 0.6) is 0 Å². The molecule has 3 aromatic heterocycles. The highest BCUT2D eigenvalue weighted by atomic mass is 32.2. The van der Waals surface area contributed by atoms with Crippen molar-refractivity contribution < 1.29 is 21.6 Å². The average Bonchev–Trinajstić information content (AvgIpc) is 3.05. The van der Waals surface area contributed by atoms with E-state index in [0.29, 0.717) is 5.56 Å².